The highest BCUT2D eigenvalue weighted by molar-refractivity contribution is 6.20. The molecule has 2 aliphatic heterocycles. The molecule has 0 spiro atoms. The van der Waals surface area contributed by atoms with Crippen LogP contribution in [0.5, 0.6) is 0 Å². The van der Waals surface area contributed by atoms with Gasteiger partial charge in [0.05, 0.1) is 23.5 Å². The number of aromatic nitrogens is 1. The highest BCUT2D eigenvalue weighted by Gasteiger charge is 2.25. The highest BCUT2D eigenvalue weighted by atomic mass is 16.5. The molecular weight excluding hydrogens is 330 g/mol. The number of hydrogen-bond acceptors (Lipinski definition) is 6. The maximum absolute atomic E-state index is 12.3. The molecule has 1 aromatic heterocycles. The van der Waals surface area contributed by atoms with E-state index in [1.54, 1.807) is 6.07 Å². The van der Waals surface area contributed by atoms with Crippen molar-refractivity contribution in [2.75, 3.05) is 0 Å². The molecule has 0 amide bonds. The number of ketones is 1. The zero-order valence-electron chi connectivity index (χ0n) is 13.7. The molecule has 0 radical (unpaired) electrons. The van der Waals surface area contributed by atoms with Gasteiger partial charge in [0.25, 0.3) is 11.8 Å². The Labute approximate surface area is 148 Å². The normalized spacial score (nSPS) is 15.5. The van der Waals surface area contributed by atoms with E-state index in [9.17, 15) is 4.79 Å². The van der Waals surface area contributed by atoms with Crippen molar-refractivity contribution in [2.45, 2.75) is 13.0 Å². The van der Waals surface area contributed by atoms with E-state index in [0.717, 1.165) is 11.3 Å². The van der Waals surface area contributed by atoms with Crippen molar-refractivity contribution < 1.29 is 13.9 Å². The Morgan fingerprint density at radius 3 is 2.65 bits per heavy atom. The van der Waals surface area contributed by atoms with Gasteiger partial charge in [-0.25, -0.2) is 15.0 Å². The third-order valence-corrected chi connectivity index (χ3v) is 4.35. The molecule has 5 rings (SSSR count). The number of carbonyl (C=O) groups excluding carboxylic acids is 1. The number of ether oxygens (including phenoxy) is 1. The van der Waals surface area contributed by atoms with Crippen molar-refractivity contribution in [3.63, 3.8) is 0 Å². The van der Waals surface area contributed by atoms with Crippen LogP contribution in [0.25, 0.3) is 0 Å². The molecule has 0 atom stereocenters. The van der Waals surface area contributed by atoms with Gasteiger partial charge >= 0.3 is 0 Å². The van der Waals surface area contributed by atoms with Gasteiger partial charge in [-0.2, -0.15) is 0 Å². The number of fused-ring (bicyclic) bond motifs is 2. The maximum atomic E-state index is 12.3. The number of Topliss-reactive ketones (excluding diaryl/α,β-unsaturated/α-hetero) is 1. The Morgan fingerprint density at radius 1 is 0.923 bits per heavy atom. The van der Waals surface area contributed by atoms with Crippen LogP contribution in [0.15, 0.2) is 69.2 Å². The number of nitrogens with zero attached hydrogens (tertiary/aromatic N) is 3. The first-order valence-electron chi connectivity index (χ1n) is 8.23. The first kappa shape index (κ1) is 14.8. The summed E-state index contributed by atoms with van der Waals surface area (Å²) in [4.78, 5) is 25.8. The number of carbonyl (C=O) groups is 1. The summed E-state index contributed by atoms with van der Waals surface area (Å²) in [6.45, 7) is 0.416. The molecule has 26 heavy (non-hydrogen) atoms. The summed E-state index contributed by atoms with van der Waals surface area (Å²) >= 11 is 0. The Kier molecular flexibility index (Phi) is 3.28. The second-order valence-electron chi connectivity index (χ2n) is 6.05. The fourth-order valence-electron chi connectivity index (χ4n) is 3.03. The van der Waals surface area contributed by atoms with Crippen LogP contribution >= 0.6 is 0 Å². The molecule has 0 bridgehead atoms. The van der Waals surface area contributed by atoms with Crippen molar-refractivity contribution in [3.8, 4) is 0 Å². The van der Waals surface area contributed by atoms with E-state index < -0.39 is 0 Å². The summed E-state index contributed by atoms with van der Waals surface area (Å²) < 4.78 is 11.2. The van der Waals surface area contributed by atoms with Crippen LogP contribution < -0.4 is 0 Å². The monoisotopic (exact) mass is 343 g/mol. The largest absolute Gasteiger partial charge is 0.469 e. The number of hydrogen-bond donors (Lipinski definition) is 0. The molecule has 0 saturated carbocycles. The summed E-state index contributed by atoms with van der Waals surface area (Å²) in [5.74, 6) is 0.636. The molecule has 0 saturated heterocycles. The van der Waals surface area contributed by atoms with Crippen LogP contribution in [0, 0.1) is 0 Å². The number of rotatable bonds is 2. The van der Waals surface area contributed by atoms with E-state index in [-0.39, 0.29) is 18.1 Å². The lowest BCUT2D eigenvalue weighted by Crippen LogP contribution is -2.15. The zero-order chi connectivity index (χ0) is 17.5. The van der Waals surface area contributed by atoms with Gasteiger partial charge in [0.15, 0.2) is 5.78 Å². The smallest absolute Gasteiger partial charge is 0.283 e. The van der Waals surface area contributed by atoms with Gasteiger partial charge in [-0.1, -0.05) is 30.3 Å². The molecule has 2 aliphatic rings. The van der Waals surface area contributed by atoms with Crippen LogP contribution in [0.3, 0.4) is 0 Å². The van der Waals surface area contributed by atoms with Gasteiger partial charge in [0.2, 0.25) is 0 Å². The maximum Gasteiger partial charge on any atom is 0.283 e. The lowest BCUT2D eigenvalue weighted by Gasteiger charge is -2.14. The Morgan fingerprint density at radius 2 is 1.73 bits per heavy atom. The number of aliphatic imine (C=N–C) groups is 2. The van der Waals surface area contributed by atoms with Crippen LogP contribution in [-0.2, 0) is 11.3 Å². The van der Waals surface area contributed by atoms with Crippen LogP contribution in [-0.4, -0.2) is 22.4 Å². The highest BCUT2D eigenvalue weighted by Crippen LogP contribution is 2.28. The third kappa shape index (κ3) is 2.43. The van der Waals surface area contributed by atoms with Gasteiger partial charge in [-0.3, -0.25) is 4.79 Å². The molecule has 0 N–H and O–H groups in total. The summed E-state index contributed by atoms with van der Waals surface area (Å²) in [7, 11) is 0. The summed E-state index contributed by atoms with van der Waals surface area (Å²) in [5, 5.41) is 0. The number of oxazole rings is 1. The van der Waals surface area contributed by atoms with Crippen LogP contribution in [0.4, 0.5) is 11.4 Å². The van der Waals surface area contributed by atoms with E-state index in [1.165, 1.54) is 6.26 Å². The standard InChI is InChI=1S/C20H13N3O3/c24-18-9-16(21-15-8-4-2-6-13(15)18)17-11-26-20(23-17)19-22-14-7-3-1-5-12(14)10-25-19/h1-8,11H,9-10H2. The van der Waals surface area contributed by atoms with Gasteiger partial charge in [0, 0.05) is 11.1 Å². The van der Waals surface area contributed by atoms with Crippen LogP contribution in [0.1, 0.15) is 33.9 Å². The van der Waals surface area contributed by atoms with Gasteiger partial charge in [-0.05, 0) is 18.2 Å². The van der Waals surface area contributed by atoms with E-state index in [0.29, 0.717) is 35.2 Å². The molecule has 0 fully saturated rings. The molecule has 0 unspecified atom stereocenters. The van der Waals surface area contributed by atoms with Gasteiger partial charge < -0.3 is 9.15 Å². The lowest BCUT2D eigenvalue weighted by atomic mass is 9.99. The summed E-state index contributed by atoms with van der Waals surface area (Å²) in [5.41, 5.74) is 4.25. The van der Waals surface area contributed by atoms with Crippen molar-refractivity contribution >= 4 is 28.8 Å². The molecule has 0 aliphatic carbocycles. The quantitative estimate of drug-likeness (QED) is 0.705. The minimum Gasteiger partial charge on any atom is -0.469 e. The van der Waals surface area contributed by atoms with E-state index in [4.69, 9.17) is 9.15 Å². The second-order valence-corrected chi connectivity index (χ2v) is 6.05. The predicted octanol–water partition coefficient (Wildman–Crippen LogP) is 3.99. The molecule has 126 valence electrons. The average molecular weight is 343 g/mol. The Balaban J connectivity index is 1.50. The molecule has 3 heterocycles. The predicted molar refractivity (Wildman–Crippen MR) is 95.5 cm³/mol. The number of benzene rings is 2. The van der Waals surface area contributed by atoms with Crippen molar-refractivity contribution in [3.05, 3.63) is 77.5 Å². The van der Waals surface area contributed by atoms with Crippen LogP contribution in [0.2, 0.25) is 0 Å². The van der Waals surface area contributed by atoms with E-state index >= 15 is 0 Å². The van der Waals surface area contributed by atoms with E-state index in [1.807, 2.05) is 42.5 Å². The number of para-hydroxylation sites is 2. The molecule has 6 heteroatoms. The van der Waals surface area contributed by atoms with Gasteiger partial charge in [-0.15, -0.1) is 0 Å². The topological polar surface area (TPSA) is 77.0 Å². The average Bonchev–Trinajstić information content (AvgIpc) is 3.18. The van der Waals surface area contributed by atoms with Crippen molar-refractivity contribution in [1.82, 2.24) is 4.98 Å². The first-order chi connectivity index (χ1) is 12.8. The third-order valence-electron chi connectivity index (χ3n) is 4.35. The van der Waals surface area contributed by atoms with E-state index in [2.05, 4.69) is 15.0 Å². The molecule has 2 aromatic carbocycles. The Bertz CT molecular complexity index is 1090. The summed E-state index contributed by atoms with van der Waals surface area (Å²) in [6, 6.07) is 15.1. The van der Waals surface area contributed by atoms with Crippen molar-refractivity contribution in [2.24, 2.45) is 9.98 Å². The minimum atomic E-state index is 0.0235. The summed E-state index contributed by atoms with van der Waals surface area (Å²) in [6.07, 6.45) is 1.68. The SMILES string of the molecule is O=C1CC(c2coc(C3=Nc4ccccc4CO3)n2)=Nc2ccccc21. The Hall–Kier alpha value is -3.54. The second kappa shape index (κ2) is 5.77. The molecule has 6 nitrogen and oxygen atoms in total. The van der Waals surface area contributed by atoms with Gasteiger partial charge in [0.1, 0.15) is 18.6 Å². The fraction of sp³-hybridized carbons (Fsp3) is 0.100. The van der Waals surface area contributed by atoms with Crippen molar-refractivity contribution in [1.29, 1.82) is 0 Å². The zero-order valence-corrected chi connectivity index (χ0v) is 13.7. The molecule has 3 aromatic rings. The molecular formula is C20H13N3O3. The first-order valence-corrected chi connectivity index (χ1v) is 8.23. The minimum absolute atomic E-state index is 0.0235. The lowest BCUT2D eigenvalue weighted by molar-refractivity contribution is 0.1000. The fourth-order valence-corrected chi connectivity index (χ4v) is 3.03.